The van der Waals surface area contributed by atoms with Gasteiger partial charge in [0.2, 0.25) is 5.91 Å². The highest BCUT2D eigenvalue weighted by atomic mass is 32.1. The van der Waals surface area contributed by atoms with Gasteiger partial charge in [-0.05, 0) is 19.1 Å². The van der Waals surface area contributed by atoms with Gasteiger partial charge in [0.15, 0.2) is 0 Å². The average molecular weight is 292 g/mol. The standard InChI is InChI=1S/C13H16N4O2S/c1-7-16-9-5-10(8(14)4-12(9)20-7)17-2-3-19-6-11(17)13(15)18/h4-5,11H,2-3,6,14H2,1H3,(H2,15,18). The number of fused-ring (bicyclic) bond motifs is 1. The molecule has 6 nitrogen and oxygen atoms in total. The highest BCUT2D eigenvalue weighted by molar-refractivity contribution is 7.18. The topological polar surface area (TPSA) is 94.5 Å². The molecule has 4 N–H and O–H groups in total. The van der Waals surface area contributed by atoms with Gasteiger partial charge in [0, 0.05) is 6.54 Å². The third kappa shape index (κ3) is 2.19. The molecule has 0 spiro atoms. The zero-order valence-corrected chi connectivity index (χ0v) is 11.9. The fraction of sp³-hybridized carbons (Fsp3) is 0.385. The van der Waals surface area contributed by atoms with Crippen molar-refractivity contribution in [2.75, 3.05) is 30.4 Å². The summed E-state index contributed by atoms with van der Waals surface area (Å²) in [6.07, 6.45) is 0. The quantitative estimate of drug-likeness (QED) is 0.801. The lowest BCUT2D eigenvalue weighted by molar-refractivity contribution is -0.121. The van der Waals surface area contributed by atoms with Crippen LogP contribution in [0.5, 0.6) is 0 Å². The Morgan fingerprint density at radius 1 is 1.55 bits per heavy atom. The maximum Gasteiger partial charge on any atom is 0.242 e. The van der Waals surface area contributed by atoms with Crippen LogP contribution in [-0.2, 0) is 9.53 Å². The number of nitrogens with zero attached hydrogens (tertiary/aromatic N) is 2. The van der Waals surface area contributed by atoms with E-state index < -0.39 is 11.9 Å². The van der Waals surface area contributed by atoms with Crippen molar-refractivity contribution in [1.29, 1.82) is 0 Å². The van der Waals surface area contributed by atoms with E-state index in [2.05, 4.69) is 4.98 Å². The Morgan fingerprint density at radius 2 is 2.35 bits per heavy atom. The number of nitrogen functional groups attached to an aromatic ring is 1. The Bertz CT molecular complexity index is 670. The van der Waals surface area contributed by atoms with E-state index in [1.807, 2.05) is 24.0 Å². The Hall–Kier alpha value is -1.86. The van der Waals surface area contributed by atoms with Gasteiger partial charge in [0.25, 0.3) is 0 Å². The second kappa shape index (κ2) is 4.92. The Kier molecular flexibility index (Phi) is 3.23. The summed E-state index contributed by atoms with van der Waals surface area (Å²) in [7, 11) is 0. The molecule has 1 saturated heterocycles. The van der Waals surface area contributed by atoms with Crippen LogP contribution in [-0.4, -0.2) is 36.7 Å². The summed E-state index contributed by atoms with van der Waals surface area (Å²) in [4.78, 5) is 17.9. The molecule has 2 heterocycles. The van der Waals surface area contributed by atoms with Gasteiger partial charge >= 0.3 is 0 Å². The number of thiazole rings is 1. The predicted molar refractivity (Wildman–Crippen MR) is 79.9 cm³/mol. The summed E-state index contributed by atoms with van der Waals surface area (Å²) in [5.41, 5.74) is 13.9. The summed E-state index contributed by atoms with van der Waals surface area (Å²) in [6, 6.07) is 3.35. The molecule has 0 saturated carbocycles. The van der Waals surface area contributed by atoms with Crippen molar-refractivity contribution >= 4 is 38.8 Å². The van der Waals surface area contributed by atoms with Crippen molar-refractivity contribution in [3.05, 3.63) is 17.1 Å². The first kappa shape index (κ1) is 13.1. The highest BCUT2D eigenvalue weighted by Gasteiger charge is 2.29. The maximum atomic E-state index is 11.6. The summed E-state index contributed by atoms with van der Waals surface area (Å²) < 4.78 is 6.38. The molecule has 20 heavy (non-hydrogen) atoms. The number of aromatic nitrogens is 1. The number of morpholine rings is 1. The minimum Gasteiger partial charge on any atom is -0.397 e. The van der Waals surface area contributed by atoms with E-state index in [4.69, 9.17) is 16.2 Å². The number of aryl methyl sites for hydroxylation is 1. The van der Waals surface area contributed by atoms with Crippen LogP contribution < -0.4 is 16.4 Å². The van der Waals surface area contributed by atoms with Crippen molar-refractivity contribution in [3.8, 4) is 0 Å². The summed E-state index contributed by atoms with van der Waals surface area (Å²) in [5.74, 6) is -0.404. The number of hydrogen-bond donors (Lipinski definition) is 2. The zero-order valence-electron chi connectivity index (χ0n) is 11.1. The number of amides is 1. The van der Waals surface area contributed by atoms with E-state index in [-0.39, 0.29) is 0 Å². The van der Waals surface area contributed by atoms with Crippen molar-refractivity contribution in [1.82, 2.24) is 4.98 Å². The number of anilines is 2. The number of carbonyl (C=O) groups is 1. The number of benzene rings is 1. The molecule has 1 aromatic carbocycles. The van der Waals surface area contributed by atoms with Crippen LogP contribution in [0.1, 0.15) is 5.01 Å². The van der Waals surface area contributed by atoms with Crippen LogP contribution in [0, 0.1) is 6.92 Å². The van der Waals surface area contributed by atoms with Gasteiger partial charge < -0.3 is 21.1 Å². The van der Waals surface area contributed by atoms with Crippen LogP contribution in [0.3, 0.4) is 0 Å². The smallest absolute Gasteiger partial charge is 0.242 e. The van der Waals surface area contributed by atoms with Crippen LogP contribution >= 0.6 is 11.3 Å². The van der Waals surface area contributed by atoms with E-state index >= 15 is 0 Å². The molecular weight excluding hydrogens is 276 g/mol. The largest absolute Gasteiger partial charge is 0.397 e. The van der Waals surface area contributed by atoms with Crippen LogP contribution in [0.15, 0.2) is 12.1 Å². The molecule has 1 aliphatic heterocycles. The van der Waals surface area contributed by atoms with E-state index in [0.29, 0.717) is 25.4 Å². The van der Waals surface area contributed by atoms with Gasteiger partial charge in [-0.15, -0.1) is 11.3 Å². The Morgan fingerprint density at radius 3 is 3.10 bits per heavy atom. The zero-order chi connectivity index (χ0) is 14.3. The van der Waals surface area contributed by atoms with Crippen molar-refractivity contribution in [2.45, 2.75) is 13.0 Å². The fourth-order valence-electron chi connectivity index (χ4n) is 2.47. The monoisotopic (exact) mass is 292 g/mol. The van der Waals surface area contributed by atoms with Gasteiger partial charge in [-0.3, -0.25) is 4.79 Å². The molecular formula is C13H16N4O2S. The molecule has 0 aliphatic carbocycles. The molecule has 7 heteroatoms. The number of nitrogens with two attached hydrogens (primary N) is 2. The van der Waals surface area contributed by atoms with E-state index in [9.17, 15) is 4.79 Å². The molecule has 3 rings (SSSR count). The third-order valence-corrected chi connectivity index (χ3v) is 4.34. The number of ether oxygens (including phenoxy) is 1. The fourth-order valence-corrected chi connectivity index (χ4v) is 3.33. The number of primary amides is 1. The first-order valence-corrected chi connectivity index (χ1v) is 7.18. The second-order valence-corrected chi connectivity index (χ2v) is 6.03. The molecule has 106 valence electrons. The SMILES string of the molecule is Cc1nc2cc(N3CCOCC3C(N)=O)c(N)cc2s1. The number of carbonyl (C=O) groups excluding carboxylic acids is 1. The van der Waals surface area contributed by atoms with E-state index in [1.165, 1.54) is 0 Å². The Labute approximate surface area is 120 Å². The lowest BCUT2D eigenvalue weighted by Gasteiger charge is -2.36. The van der Waals surface area contributed by atoms with Crippen molar-refractivity contribution < 1.29 is 9.53 Å². The molecule has 1 amide bonds. The molecule has 1 fully saturated rings. The number of rotatable bonds is 2. The molecule has 0 radical (unpaired) electrons. The van der Waals surface area contributed by atoms with Crippen LogP contribution in [0.2, 0.25) is 0 Å². The highest BCUT2D eigenvalue weighted by Crippen LogP contribution is 2.33. The van der Waals surface area contributed by atoms with Gasteiger partial charge in [-0.1, -0.05) is 0 Å². The van der Waals surface area contributed by atoms with Crippen molar-refractivity contribution in [2.24, 2.45) is 5.73 Å². The van der Waals surface area contributed by atoms with Gasteiger partial charge in [-0.25, -0.2) is 4.98 Å². The molecule has 2 aromatic rings. The van der Waals surface area contributed by atoms with E-state index in [1.54, 1.807) is 11.3 Å². The summed E-state index contributed by atoms with van der Waals surface area (Å²) in [6.45, 7) is 3.40. The Balaban J connectivity index is 2.07. The lowest BCUT2D eigenvalue weighted by atomic mass is 10.1. The summed E-state index contributed by atoms with van der Waals surface area (Å²) in [5, 5.41) is 0.991. The number of hydrogen-bond acceptors (Lipinski definition) is 6. The van der Waals surface area contributed by atoms with E-state index in [0.717, 1.165) is 20.9 Å². The minimum absolute atomic E-state index is 0.295. The summed E-state index contributed by atoms with van der Waals surface area (Å²) >= 11 is 1.60. The lowest BCUT2D eigenvalue weighted by Crippen LogP contribution is -2.52. The molecule has 1 aliphatic rings. The first-order chi connectivity index (χ1) is 9.56. The molecule has 1 atom stereocenters. The van der Waals surface area contributed by atoms with Gasteiger partial charge in [0.05, 0.1) is 39.8 Å². The van der Waals surface area contributed by atoms with Gasteiger partial charge in [0.1, 0.15) is 6.04 Å². The predicted octanol–water partition coefficient (Wildman–Crippen LogP) is 0.877. The average Bonchev–Trinajstić information content (AvgIpc) is 2.76. The first-order valence-electron chi connectivity index (χ1n) is 6.36. The van der Waals surface area contributed by atoms with Crippen LogP contribution in [0.4, 0.5) is 11.4 Å². The van der Waals surface area contributed by atoms with Gasteiger partial charge in [-0.2, -0.15) is 0 Å². The normalized spacial score (nSPS) is 19.4. The maximum absolute atomic E-state index is 11.6. The molecule has 0 bridgehead atoms. The minimum atomic E-state index is -0.483. The third-order valence-electron chi connectivity index (χ3n) is 3.41. The van der Waals surface area contributed by atoms with Crippen LogP contribution in [0.25, 0.3) is 10.2 Å². The molecule has 1 unspecified atom stereocenters. The second-order valence-electron chi connectivity index (χ2n) is 4.80. The van der Waals surface area contributed by atoms with Crippen molar-refractivity contribution in [3.63, 3.8) is 0 Å². The molecule has 1 aromatic heterocycles.